The van der Waals surface area contributed by atoms with Gasteiger partial charge in [0.25, 0.3) is 5.56 Å². The molecule has 1 aliphatic carbocycles. The van der Waals surface area contributed by atoms with E-state index in [-0.39, 0.29) is 17.0 Å². The average molecular weight is 192 g/mol. The number of hydrogen-bond donors (Lipinski definition) is 2. The van der Waals surface area contributed by atoms with Gasteiger partial charge in [0, 0.05) is 6.42 Å². The Balaban J connectivity index is 2.76. The topological polar surface area (TPSA) is 75.9 Å². The van der Waals surface area contributed by atoms with Gasteiger partial charge in [-0.05, 0) is 30.9 Å². The number of nitrogen functional groups attached to an aromatic ring is 1. The van der Waals surface area contributed by atoms with Gasteiger partial charge in [0.1, 0.15) is 5.69 Å². The minimum absolute atomic E-state index is 0.0199. The molecule has 0 spiro atoms. The third kappa shape index (κ3) is 1.14. The second-order valence-corrected chi connectivity index (χ2v) is 3.62. The highest BCUT2D eigenvalue weighted by Crippen LogP contribution is 2.23. The number of nitrogens with two attached hydrogens (primary N) is 1. The molecule has 1 aromatic rings. The molecule has 0 radical (unpaired) electrons. The molecule has 0 atom stereocenters. The minimum Gasteiger partial charge on any atom is -0.394 e. The lowest BCUT2D eigenvalue weighted by Crippen LogP contribution is -2.24. The Kier molecular flexibility index (Phi) is 1.91. The van der Waals surface area contributed by atoms with Gasteiger partial charge >= 0.3 is 0 Å². The molecule has 1 heterocycles. The Hall–Kier alpha value is -1.58. The zero-order valence-electron chi connectivity index (χ0n) is 8.02. The molecule has 0 unspecified atom stereocenters. The summed E-state index contributed by atoms with van der Waals surface area (Å²) in [5, 5.41) is 0. The van der Waals surface area contributed by atoms with Crippen molar-refractivity contribution in [2.24, 2.45) is 0 Å². The van der Waals surface area contributed by atoms with Gasteiger partial charge in [-0.3, -0.25) is 9.59 Å². The predicted molar refractivity (Wildman–Crippen MR) is 53.5 cm³/mol. The van der Waals surface area contributed by atoms with Crippen LogP contribution < -0.4 is 11.3 Å². The fourth-order valence-corrected chi connectivity index (χ4v) is 1.88. The summed E-state index contributed by atoms with van der Waals surface area (Å²) in [4.78, 5) is 25.4. The number of aromatic amines is 1. The number of aromatic nitrogens is 1. The van der Waals surface area contributed by atoms with Gasteiger partial charge in [0.2, 0.25) is 0 Å². The second kappa shape index (κ2) is 2.97. The van der Waals surface area contributed by atoms with Gasteiger partial charge in [0.15, 0.2) is 5.78 Å². The Morgan fingerprint density at radius 2 is 2.00 bits per heavy atom. The number of carbonyl (C=O) groups excluding carboxylic acids is 1. The van der Waals surface area contributed by atoms with Gasteiger partial charge < -0.3 is 10.7 Å². The van der Waals surface area contributed by atoms with E-state index in [2.05, 4.69) is 4.98 Å². The summed E-state index contributed by atoms with van der Waals surface area (Å²) in [5.41, 5.74) is 7.62. The molecular formula is C10H12N2O2. The van der Waals surface area contributed by atoms with Crippen molar-refractivity contribution >= 4 is 11.5 Å². The molecular weight excluding hydrogens is 180 g/mol. The van der Waals surface area contributed by atoms with E-state index in [1.54, 1.807) is 6.92 Å². The summed E-state index contributed by atoms with van der Waals surface area (Å²) in [7, 11) is 0. The highest BCUT2D eigenvalue weighted by molar-refractivity contribution is 5.97. The van der Waals surface area contributed by atoms with Crippen LogP contribution in [-0.2, 0) is 6.42 Å². The molecule has 0 bridgehead atoms. The first-order valence-corrected chi connectivity index (χ1v) is 4.65. The van der Waals surface area contributed by atoms with E-state index in [4.69, 9.17) is 5.73 Å². The maximum atomic E-state index is 11.5. The highest BCUT2D eigenvalue weighted by atomic mass is 16.1. The number of nitrogens with one attached hydrogen (secondary N) is 1. The lowest BCUT2D eigenvalue weighted by atomic mass is 9.91. The number of hydrogen-bond acceptors (Lipinski definition) is 3. The van der Waals surface area contributed by atoms with E-state index >= 15 is 0 Å². The quantitative estimate of drug-likeness (QED) is 0.637. The van der Waals surface area contributed by atoms with Crippen molar-refractivity contribution in [3.05, 3.63) is 27.2 Å². The molecule has 0 saturated carbocycles. The van der Waals surface area contributed by atoms with E-state index in [1.807, 2.05) is 0 Å². The Morgan fingerprint density at radius 1 is 1.29 bits per heavy atom. The smallest absolute Gasteiger partial charge is 0.271 e. The average Bonchev–Trinajstić information content (AvgIpc) is 2.17. The number of anilines is 1. The monoisotopic (exact) mass is 192 g/mol. The number of ketones is 1. The third-order valence-corrected chi connectivity index (χ3v) is 2.75. The molecule has 14 heavy (non-hydrogen) atoms. The highest BCUT2D eigenvalue weighted by Gasteiger charge is 2.21. The first kappa shape index (κ1) is 8.99. The van der Waals surface area contributed by atoms with Crippen LogP contribution in [-0.4, -0.2) is 10.8 Å². The zero-order valence-corrected chi connectivity index (χ0v) is 8.02. The molecule has 74 valence electrons. The van der Waals surface area contributed by atoms with Crippen LogP contribution in [0.3, 0.4) is 0 Å². The van der Waals surface area contributed by atoms with Crippen LogP contribution in [0.1, 0.15) is 34.5 Å². The van der Waals surface area contributed by atoms with Crippen LogP contribution >= 0.6 is 0 Å². The fraction of sp³-hybridized carbons (Fsp3) is 0.400. The number of Topliss-reactive ketones (excluding diaryl/α,β-unsaturated/α-hetero) is 1. The molecule has 0 saturated heterocycles. The fourth-order valence-electron chi connectivity index (χ4n) is 1.88. The first-order valence-electron chi connectivity index (χ1n) is 4.65. The van der Waals surface area contributed by atoms with E-state index in [0.717, 1.165) is 24.0 Å². The molecule has 3 N–H and O–H groups in total. The van der Waals surface area contributed by atoms with Crippen molar-refractivity contribution in [2.75, 3.05) is 5.73 Å². The number of pyridine rings is 1. The van der Waals surface area contributed by atoms with Gasteiger partial charge in [-0.15, -0.1) is 0 Å². The summed E-state index contributed by atoms with van der Waals surface area (Å²) in [6.45, 7) is 1.79. The maximum Gasteiger partial charge on any atom is 0.271 e. The lowest BCUT2D eigenvalue weighted by Gasteiger charge is -2.17. The predicted octanol–water partition coefficient (Wildman–Crippen LogP) is 0.785. The third-order valence-electron chi connectivity index (χ3n) is 2.75. The van der Waals surface area contributed by atoms with Crippen molar-refractivity contribution < 1.29 is 4.79 Å². The molecule has 0 aliphatic heterocycles. The SMILES string of the molecule is Cc1c2c([nH]c(=O)c1N)C(=O)CCC2. The van der Waals surface area contributed by atoms with Gasteiger partial charge in [0.05, 0.1) is 5.69 Å². The number of fused-ring (bicyclic) bond motifs is 1. The van der Waals surface area contributed by atoms with E-state index < -0.39 is 0 Å². The van der Waals surface area contributed by atoms with Crippen molar-refractivity contribution in [2.45, 2.75) is 26.2 Å². The van der Waals surface area contributed by atoms with Crippen LogP contribution in [0.25, 0.3) is 0 Å². The van der Waals surface area contributed by atoms with Crippen LogP contribution in [0.5, 0.6) is 0 Å². The Bertz CT molecular complexity index is 460. The van der Waals surface area contributed by atoms with Crippen molar-refractivity contribution in [1.29, 1.82) is 0 Å². The standard InChI is InChI=1S/C10H12N2O2/c1-5-6-3-2-4-7(13)9(6)12-10(14)8(5)11/h2-4,11H2,1H3,(H,12,14). The molecule has 0 amide bonds. The van der Waals surface area contributed by atoms with Crippen LogP contribution in [0.15, 0.2) is 4.79 Å². The van der Waals surface area contributed by atoms with Crippen LogP contribution in [0, 0.1) is 6.92 Å². The molecule has 0 aromatic carbocycles. The minimum atomic E-state index is -0.350. The summed E-state index contributed by atoms with van der Waals surface area (Å²) >= 11 is 0. The van der Waals surface area contributed by atoms with Gasteiger partial charge in [-0.1, -0.05) is 0 Å². The maximum absolute atomic E-state index is 11.5. The van der Waals surface area contributed by atoms with Crippen molar-refractivity contribution in [3.8, 4) is 0 Å². The zero-order chi connectivity index (χ0) is 10.3. The van der Waals surface area contributed by atoms with Crippen molar-refractivity contribution in [3.63, 3.8) is 0 Å². The summed E-state index contributed by atoms with van der Waals surface area (Å²) < 4.78 is 0. The lowest BCUT2D eigenvalue weighted by molar-refractivity contribution is 0.0967. The van der Waals surface area contributed by atoms with Crippen LogP contribution in [0.2, 0.25) is 0 Å². The molecule has 4 nitrogen and oxygen atoms in total. The molecule has 1 aliphatic rings. The van der Waals surface area contributed by atoms with Crippen molar-refractivity contribution in [1.82, 2.24) is 4.98 Å². The second-order valence-electron chi connectivity index (χ2n) is 3.62. The van der Waals surface area contributed by atoms with E-state index in [9.17, 15) is 9.59 Å². The molecule has 0 fully saturated rings. The van der Waals surface area contributed by atoms with Gasteiger partial charge in [-0.2, -0.15) is 0 Å². The largest absolute Gasteiger partial charge is 0.394 e. The number of rotatable bonds is 0. The molecule has 1 aromatic heterocycles. The first-order chi connectivity index (χ1) is 6.61. The molecule has 2 rings (SSSR count). The number of H-pyrrole nitrogens is 1. The van der Waals surface area contributed by atoms with E-state index in [1.165, 1.54) is 0 Å². The summed E-state index contributed by atoms with van der Waals surface area (Å²) in [6.07, 6.45) is 2.19. The summed E-state index contributed by atoms with van der Waals surface area (Å²) in [6, 6.07) is 0. The Morgan fingerprint density at radius 3 is 2.71 bits per heavy atom. The van der Waals surface area contributed by atoms with E-state index in [0.29, 0.717) is 12.1 Å². The normalized spacial score (nSPS) is 15.4. The van der Waals surface area contributed by atoms with Gasteiger partial charge in [-0.25, -0.2) is 0 Å². The molecule has 4 heteroatoms. The van der Waals surface area contributed by atoms with Crippen LogP contribution in [0.4, 0.5) is 5.69 Å². The summed E-state index contributed by atoms with van der Waals surface area (Å²) in [5.74, 6) is 0.0199. The Labute approximate surface area is 81.1 Å². The number of carbonyl (C=O) groups is 1.